The van der Waals surface area contributed by atoms with Crippen LogP contribution in [0.5, 0.6) is 5.88 Å². The number of urea groups is 1. The highest BCUT2D eigenvalue weighted by Crippen LogP contribution is 2.39. The number of fused-ring (bicyclic) bond motifs is 4. The summed E-state index contributed by atoms with van der Waals surface area (Å²) in [6.45, 7) is 2.26. The lowest BCUT2D eigenvalue weighted by molar-refractivity contribution is 0.0947. The molecular weight excluding hydrogens is 386 g/mol. The zero-order chi connectivity index (χ0) is 20.7. The molecule has 30 heavy (non-hydrogen) atoms. The number of hydrogen-bond acceptors (Lipinski definition) is 7. The molecule has 156 valence electrons. The summed E-state index contributed by atoms with van der Waals surface area (Å²) < 4.78 is 5.09. The summed E-state index contributed by atoms with van der Waals surface area (Å²) in [6.07, 6.45) is 4.49. The van der Waals surface area contributed by atoms with Gasteiger partial charge in [0.15, 0.2) is 5.82 Å². The van der Waals surface area contributed by atoms with Crippen LogP contribution in [0.1, 0.15) is 29.8 Å². The SMILES string of the molecule is COc1cc(NC(=O)N2c3nc(C(=O)NCC4CC4)ccc3N3CCC2C3)ncn1. The van der Waals surface area contributed by atoms with Crippen LogP contribution in [0.15, 0.2) is 24.5 Å². The van der Waals surface area contributed by atoms with E-state index in [0.29, 0.717) is 35.7 Å². The lowest BCUT2D eigenvalue weighted by Gasteiger charge is -2.35. The van der Waals surface area contributed by atoms with Crippen molar-refractivity contribution in [3.8, 4) is 5.88 Å². The van der Waals surface area contributed by atoms with Crippen LogP contribution >= 0.6 is 0 Å². The molecule has 3 aliphatic rings. The largest absolute Gasteiger partial charge is 0.481 e. The molecule has 1 aliphatic carbocycles. The van der Waals surface area contributed by atoms with Gasteiger partial charge >= 0.3 is 6.03 Å². The summed E-state index contributed by atoms with van der Waals surface area (Å²) in [5.41, 5.74) is 1.18. The maximum atomic E-state index is 13.2. The zero-order valence-electron chi connectivity index (χ0n) is 16.7. The van der Waals surface area contributed by atoms with Gasteiger partial charge in [-0.15, -0.1) is 0 Å². The van der Waals surface area contributed by atoms with E-state index >= 15 is 0 Å². The fourth-order valence-electron chi connectivity index (χ4n) is 3.94. The van der Waals surface area contributed by atoms with Gasteiger partial charge in [-0.1, -0.05) is 0 Å². The minimum atomic E-state index is -0.341. The Bertz CT molecular complexity index is 994. The molecule has 1 saturated heterocycles. The lowest BCUT2D eigenvalue weighted by Crippen LogP contribution is -2.48. The van der Waals surface area contributed by atoms with E-state index in [1.807, 2.05) is 6.07 Å². The van der Waals surface area contributed by atoms with Crippen LogP contribution in [0.2, 0.25) is 0 Å². The van der Waals surface area contributed by atoms with E-state index in [-0.39, 0.29) is 18.0 Å². The molecule has 2 N–H and O–H groups in total. The third kappa shape index (κ3) is 3.49. The number of amides is 3. The summed E-state index contributed by atoms with van der Waals surface area (Å²) in [5, 5.41) is 5.74. The molecule has 3 amide bonds. The first kappa shape index (κ1) is 18.6. The molecule has 0 spiro atoms. The van der Waals surface area contributed by atoms with E-state index in [9.17, 15) is 9.59 Å². The predicted octanol–water partition coefficient (Wildman–Crippen LogP) is 1.65. The number of aromatic nitrogens is 3. The van der Waals surface area contributed by atoms with Gasteiger partial charge in [0.1, 0.15) is 17.8 Å². The van der Waals surface area contributed by atoms with Crippen molar-refractivity contribution >= 4 is 29.3 Å². The number of nitrogens with zero attached hydrogens (tertiary/aromatic N) is 5. The Kier molecular flexibility index (Phi) is 4.61. The number of nitrogens with one attached hydrogen (secondary N) is 2. The van der Waals surface area contributed by atoms with Gasteiger partial charge in [-0.05, 0) is 37.3 Å². The number of rotatable bonds is 5. The van der Waals surface area contributed by atoms with Crippen LogP contribution in [-0.4, -0.2) is 59.7 Å². The van der Waals surface area contributed by atoms with Crippen molar-refractivity contribution in [1.82, 2.24) is 20.3 Å². The Labute approximate surface area is 173 Å². The number of ether oxygens (including phenoxy) is 1. The van der Waals surface area contributed by atoms with E-state index in [2.05, 4.69) is 30.5 Å². The first-order chi connectivity index (χ1) is 14.6. The minimum Gasteiger partial charge on any atom is -0.481 e. The van der Waals surface area contributed by atoms with Crippen LogP contribution in [0.25, 0.3) is 0 Å². The van der Waals surface area contributed by atoms with Crippen LogP contribution < -0.4 is 25.2 Å². The first-order valence-corrected chi connectivity index (χ1v) is 10.1. The van der Waals surface area contributed by atoms with Crippen molar-refractivity contribution in [3.05, 3.63) is 30.2 Å². The molecule has 2 bridgehead atoms. The highest BCUT2D eigenvalue weighted by atomic mass is 16.5. The van der Waals surface area contributed by atoms with Crippen LogP contribution in [0.3, 0.4) is 0 Å². The average molecular weight is 409 g/mol. The second kappa shape index (κ2) is 7.43. The van der Waals surface area contributed by atoms with Crippen molar-refractivity contribution in [2.24, 2.45) is 5.92 Å². The summed E-state index contributed by atoms with van der Waals surface area (Å²) in [6, 6.07) is 4.80. The van der Waals surface area contributed by atoms with E-state index in [1.165, 1.54) is 13.4 Å². The van der Waals surface area contributed by atoms with Crippen molar-refractivity contribution in [2.75, 3.05) is 41.9 Å². The van der Waals surface area contributed by atoms with E-state index < -0.39 is 0 Å². The maximum absolute atomic E-state index is 13.2. The van der Waals surface area contributed by atoms with E-state index in [1.54, 1.807) is 17.0 Å². The molecule has 2 fully saturated rings. The fourth-order valence-corrected chi connectivity index (χ4v) is 3.94. The minimum absolute atomic E-state index is 0.0153. The summed E-state index contributed by atoms with van der Waals surface area (Å²) in [7, 11) is 1.50. The van der Waals surface area contributed by atoms with Crippen LogP contribution in [0.4, 0.5) is 22.1 Å². The monoisotopic (exact) mass is 409 g/mol. The molecule has 1 saturated carbocycles. The number of carbonyl (C=O) groups is 2. The Morgan fingerprint density at radius 2 is 2.10 bits per heavy atom. The molecule has 2 aromatic heterocycles. The lowest BCUT2D eigenvalue weighted by atomic mass is 10.1. The van der Waals surface area contributed by atoms with Gasteiger partial charge in [-0.3, -0.25) is 15.0 Å². The molecule has 2 aliphatic heterocycles. The molecule has 2 aromatic rings. The van der Waals surface area contributed by atoms with Gasteiger partial charge in [-0.25, -0.2) is 19.7 Å². The number of methoxy groups -OCH3 is 1. The van der Waals surface area contributed by atoms with Gasteiger partial charge in [0.2, 0.25) is 5.88 Å². The van der Waals surface area contributed by atoms with Crippen LogP contribution in [0, 0.1) is 5.92 Å². The Morgan fingerprint density at radius 1 is 1.23 bits per heavy atom. The standard InChI is InChI=1S/C20H23N7O3/c1-30-17-8-16(22-11-23-17)25-20(29)27-13-6-7-26(10-13)15-5-4-14(24-18(15)27)19(28)21-9-12-2-3-12/h4-5,8,11-13H,2-3,6-7,9-10H2,1H3,(H,21,28)(H,22,23,25,29). The molecule has 0 radical (unpaired) electrons. The van der Waals surface area contributed by atoms with Gasteiger partial charge in [0, 0.05) is 25.7 Å². The van der Waals surface area contributed by atoms with Crippen LogP contribution in [-0.2, 0) is 0 Å². The Hall–Kier alpha value is -3.43. The van der Waals surface area contributed by atoms with Gasteiger partial charge in [0.05, 0.1) is 18.8 Å². The quantitative estimate of drug-likeness (QED) is 0.772. The van der Waals surface area contributed by atoms with Gasteiger partial charge in [0.25, 0.3) is 5.91 Å². The highest BCUT2D eigenvalue weighted by molar-refractivity contribution is 6.05. The summed E-state index contributed by atoms with van der Waals surface area (Å²) in [4.78, 5) is 42.2. The highest BCUT2D eigenvalue weighted by Gasteiger charge is 2.40. The van der Waals surface area contributed by atoms with Crippen molar-refractivity contribution in [1.29, 1.82) is 0 Å². The average Bonchev–Trinajstić information content (AvgIpc) is 3.51. The zero-order valence-corrected chi connectivity index (χ0v) is 16.7. The second-order valence-electron chi connectivity index (χ2n) is 7.83. The van der Waals surface area contributed by atoms with Gasteiger partial charge in [-0.2, -0.15) is 0 Å². The predicted molar refractivity (Wildman–Crippen MR) is 110 cm³/mol. The normalized spacial score (nSPS) is 19.3. The Morgan fingerprint density at radius 3 is 2.90 bits per heavy atom. The number of anilines is 3. The number of pyridine rings is 1. The molecule has 1 unspecified atom stereocenters. The molecule has 10 nitrogen and oxygen atoms in total. The second-order valence-corrected chi connectivity index (χ2v) is 7.83. The van der Waals surface area contributed by atoms with Gasteiger partial charge < -0.3 is 15.0 Å². The molecule has 0 aromatic carbocycles. The van der Waals surface area contributed by atoms with Crippen molar-refractivity contribution in [2.45, 2.75) is 25.3 Å². The van der Waals surface area contributed by atoms with Crippen molar-refractivity contribution in [3.63, 3.8) is 0 Å². The molecule has 1 atom stereocenters. The number of hydrogen-bond donors (Lipinski definition) is 2. The number of carbonyl (C=O) groups excluding carboxylic acids is 2. The third-order valence-corrected chi connectivity index (χ3v) is 5.74. The first-order valence-electron chi connectivity index (χ1n) is 10.1. The van der Waals surface area contributed by atoms with Crippen molar-refractivity contribution < 1.29 is 14.3 Å². The smallest absolute Gasteiger partial charge is 0.329 e. The summed E-state index contributed by atoms with van der Waals surface area (Å²) in [5.74, 6) is 1.58. The molecule has 4 heterocycles. The Balaban J connectivity index is 1.41. The fraction of sp³-hybridized carbons (Fsp3) is 0.450. The van der Waals surface area contributed by atoms with E-state index in [0.717, 1.165) is 38.0 Å². The summed E-state index contributed by atoms with van der Waals surface area (Å²) >= 11 is 0. The molecule has 10 heteroatoms. The topological polar surface area (TPSA) is 113 Å². The molecule has 5 rings (SSSR count). The molecular formula is C20H23N7O3. The van der Waals surface area contributed by atoms with E-state index in [4.69, 9.17) is 4.74 Å². The third-order valence-electron chi connectivity index (χ3n) is 5.74. The maximum Gasteiger partial charge on any atom is 0.329 e.